The molecule has 1 amide bonds. The first-order chi connectivity index (χ1) is 7.63. The number of hydrogen-bond acceptors (Lipinski definition) is 4. The number of nitrogens with two attached hydrogens (primary N) is 1. The summed E-state index contributed by atoms with van der Waals surface area (Å²) in [6, 6.07) is -0.0270. The van der Waals surface area contributed by atoms with Gasteiger partial charge in [0, 0.05) is 12.6 Å². The van der Waals surface area contributed by atoms with Crippen LogP contribution in [0.5, 0.6) is 0 Å². The molecule has 0 spiro atoms. The van der Waals surface area contributed by atoms with Crippen molar-refractivity contribution in [2.24, 2.45) is 11.7 Å². The SMILES string of the molecule is CCOC(=O)CCNC(=O)C1C=CC(N)C1. The van der Waals surface area contributed by atoms with Crippen LogP contribution in [0, 0.1) is 5.92 Å². The van der Waals surface area contributed by atoms with Crippen LogP contribution in [0.2, 0.25) is 0 Å². The first kappa shape index (κ1) is 12.7. The van der Waals surface area contributed by atoms with E-state index in [4.69, 9.17) is 10.5 Å². The smallest absolute Gasteiger partial charge is 0.307 e. The highest BCUT2D eigenvalue weighted by Crippen LogP contribution is 2.15. The highest BCUT2D eigenvalue weighted by Gasteiger charge is 2.22. The average molecular weight is 226 g/mol. The van der Waals surface area contributed by atoms with Crippen molar-refractivity contribution in [1.29, 1.82) is 0 Å². The lowest BCUT2D eigenvalue weighted by molar-refractivity contribution is -0.143. The summed E-state index contributed by atoms with van der Waals surface area (Å²) in [7, 11) is 0. The minimum atomic E-state index is -0.290. The molecule has 5 heteroatoms. The van der Waals surface area contributed by atoms with E-state index in [2.05, 4.69) is 5.32 Å². The van der Waals surface area contributed by atoms with Gasteiger partial charge >= 0.3 is 5.97 Å². The van der Waals surface area contributed by atoms with Gasteiger partial charge in [0.05, 0.1) is 18.9 Å². The average Bonchev–Trinajstić information content (AvgIpc) is 2.65. The fraction of sp³-hybridized carbons (Fsp3) is 0.636. The molecule has 2 atom stereocenters. The van der Waals surface area contributed by atoms with Crippen LogP contribution in [-0.2, 0) is 14.3 Å². The Morgan fingerprint density at radius 2 is 2.25 bits per heavy atom. The number of ether oxygens (including phenoxy) is 1. The second kappa shape index (κ2) is 6.27. The molecule has 0 saturated carbocycles. The van der Waals surface area contributed by atoms with Gasteiger partial charge in [-0.05, 0) is 13.3 Å². The van der Waals surface area contributed by atoms with E-state index in [1.54, 1.807) is 6.92 Å². The molecular formula is C11H18N2O3. The summed E-state index contributed by atoms with van der Waals surface area (Å²) >= 11 is 0. The molecule has 0 heterocycles. The van der Waals surface area contributed by atoms with Crippen LogP contribution in [0.4, 0.5) is 0 Å². The standard InChI is InChI=1S/C11H18N2O3/c1-2-16-10(14)5-6-13-11(15)8-3-4-9(12)7-8/h3-4,8-9H,2,5-7,12H2,1H3,(H,13,15). The van der Waals surface area contributed by atoms with Crippen LogP contribution >= 0.6 is 0 Å². The number of esters is 1. The van der Waals surface area contributed by atoms with Crippen LogP contribution in [0.15, 0.2) is 12.2 Å². The summed E-state index contributed by atoms with van der Waals surface area (Å²) in [5.41, 5.74) is 5.64. The molecule has 1 aliphatic carbocycles. The molecule has 0 aromatic carbocycles. The van der Waals surface area contributed by atoms with Crippen LogP contribution < -0.4 is 11.1 Å². The molecule has 2 unspecified atom stereocenters. The van der Waals surface area contributed by atoms with Crippen molar-refractivity contribution in [3.8, 4) is 0 Å². The molecule has 0 bridgehead atoms. The van der Waals surface area contributed by atoms with Crippen molar-refractivity contribution in [3.05, 3.63) is 12.2 Å². The van der Waals surface area contributed by atoms with Gasteiger partial charge in [0.25, 0.3) is 0 Å². The van der Waals surface area contributed by atoms with Crippen molar-refractivity contribution in [1.82, 2.24) is 5.32 Å². The van der Waals surface area contributed by atoms with Crippen molar-refractivity contribution in [2.75, 3.05) is 13.2 Å². The number of amides is 1. The number of carbonyl (C=O) groups is 2. The monoisotopic (exact) mass is 226 g/mol. The van der Waals surface area contributed by atoms with Gasteiger partial charge in [-0.2, -0.15) is 0 Å². The second-order valence-electron chi connectivity index (χ2n) is 3.74. The molecule has 1 rings (SSSR count). The lowest BCUT2D eigenvalue weighted by Crippen LogP contribution is -2.32. The first-order valence-electron chi connectivity index (χ1n) is 5.50. The van der Waals surface area contributed by atoms with Gasteiger partial charge < -0.3 is 15.8 Å². The molecule has 0 fully saturated rings. The summed E-state index contributed by atoms with van der Waals surface area (Å²) in [5.74, 6) is -0.521. The Morgan fingerprint density at radius 1 is 1.50 bits per heavy atom. The minimum absolute atomic E-state index is 0.0270. The molecule has 1 aliphatic rings. The quantitative estimate of drug-likeness (QED) is 0.509. The Kier molecular flexibility index (Phi) is 4.98. The van der Waals surface area contributed by atoms with Gasteiger partial charge in [0.15, 0.2) is 0 Å². The van der Waals surface area contributed by atoms with Gasteiger partial charge in [-0.25, -0.2) is 0 Å². The number of carbonyl (C=O) groups excluding carboxylic acids is 2. The van der Waals surface area contributed by atoms with Crippen molar-refractivity contribution < 1.29 is 14.3 Å². The van der Waals surface area contributed by atoms with Crippen molar-refractivity contribution >= 4 is 11.9 Å². The van der Waals surface area contributed by atoms with Gasteiger partial charge in [-0.15, -0.1) is 0 Å². The summed E-state index contributed by atoms with van der Waals surface area (Å²) in [4.78, 5) is 22.6. The molecule has 0 aromatic rings. The maximum absolute atomic E-state index is 11.6. The van der Waals surface area contributed by atoms with Gasteiger partial charge in [-0.3, -0.25) is 9.59 Å². The van der Waals surface area contributed by atoms with Crippen LogP contribution in [0.3, 0.4) is 0 Å². The van der Waals surface area contributed by atoms with Crippen LogP contribution in [0.25, 0.3) is 0 Å². The van der Waals surface area contributed by atoms with Gasteiger partial charge in [0.2, 0.25) is 5.91 Å². The maximum Gasteiger partial charge on any atom is 0.307 e. The normalized spacial score (nSPS) is 23.1. The zero-order valence-corrected chi connectivity index (χ0v) is 9.44. The molecule has 3 N–H and O–H groups in total. The van der Waals surface area contributed by atoms with Crippen LogP contribution in [-0.4, -0.2) is 31.1 Å². The molecule has 0 saturated heterocycles. The molecule has 0 radical (unpaired) electrons. The van der Waals surface area contributed by atoms with E-state index in [1.165, 1.54) is 0 Å². The second-order valence-corrected chi connectivity index (χ2v) is 3.74. The van der Waals surface area contributed by atoms with Gasteiger partial charge in [-0.1, -0.05) is 12.2 Å². The lowest BCUT2D eigenvalue weighted by atomic mass is 10.1. The van der Waals surface area contributed by atoms with Crippen molar-refractivity contribution in [2.45, 2.75) is 25.8 Å². The fourth-order valence-corrected chi connectivity index (χ4v) is 1.57. The molecule has 0 aliphatic heterocycles. The van der Waals surface area contributed by atoms with Crippen molar-refractivity contribution in [3.63, 3.8) is 0 Å². The summed E-state index contributed by atoms with van der Waals surface area (Å²) in [5, 5.41) is 2.69. The number of hydrogen-bond donors (Lipinski definition) is 2. The predicted octanol–water partition coefficient (Wildman–Crippen LogP) is -0.0408. The summed E-state index contributed by atoms with van der Waals surface area (Å²) in [6.45, 7) is 2.44. The molecular weight excluding hydrogens is 208 g/mol. The Morgan fingerprint density at radius 3 is 2.81 bits per heavy atom. The summed E-state index contributed by atoms with van der Waals surface area (Å²) in [6.07, 6.45) is 4.49. The van der Waals surface area contributed by atoms with E-state index >= 15 is 0 Å². The molecule has 0 aromatic heterocycles. The minimum Gasteiger partial charge on any atom is -0.466 e. The van der Waals surface area contributed by atoms with E-state index in [1.807, 2.05) is 12.2 Å². The largest absolute Gasteiger partial charge is 0.466 e. The highest BCUT2D eigenvalue weighted by molar-refractivity contribution is 5.81. The molecule has 90 valence electrons. The topological polar surface area (TPSA) is 81.4 Å². The molecule has 5 nitrogen and oxygen atoms in total. The zero-order valence-electron chi connectivity index (χ0n) is 9.44. The van der Waals surface area contributed by atoms with E-state index in [-0.39, 0.29) is 30.3 Å². The summed E-state index contributed by atoms with van der Waals surface area (Å²) < 4.78 is 4.74. The Bertz CT molecular complexity index is 289. The number of nitrogens with one attached hydrogen (secondary N) is 1. The third kappa shape index (κ3) is 4.02. The Hall–Kier alpha value is -1.36. The lowest BCUT2D eigenvalue weighted by Gasteiger charge is -2.09. The predicted molar refractivity (Wildman–Crippen MR) is 59.5 cm³/mol. The van der Waals surface area contributed by atoms with Crippen LogP contribution in [0.1, 0.15) is 19.8 Å². The maximum atomic E-state index is 11.6. The van der Waals surface area contributed by atoms with E-state index in [0.717, 1.165) is 0 Å². The number of rotatable bonds is 5. The highest BCUT2D eigenvalue weighted by atomic mass is 16.5. The van der Waals surface area contributed by atoms with E-state index in [0.29, 0.717) is 19.6 Å². The Balaban J connectivity index is 2.16. The third-order valence-electron chi connectivity index (χ3n) is 2.39. The van der Waals surface area contributed by atoms with E-state index < -0.39 is 0 Å². The van der Waals surface area contributed by atoms with Gasteiger partial charge in [0.1, 0.15) is 0 Å². The third-order valence-corrected chi connectivity index (χ3v) is 2.39. The zero-order chi connectivity index (χ0) is 12.0. The fourth-order valence-electron chi connectivity index (χ4n) is 1.57. The molecule has 16 heavy (non-hydrogen) atoms. The first-order valence-corrected chi connectivity index (χ1v) is 5.50. The van der Waals surface area contributed by atoms with E-state index in [9.17, 15) is 9.59 Å². The Labute approximate surface area is 95.0 Å².